The van der Waals surface area contributed by atoms with Crippen LogP contribution in [-0.2, 0) is 14.9 Å². The van der Waals surface area contributed by atoms with E-state index in [4.69, 9.17) is 4.74 Å². The zero-order valence-corrected chi connectivity index (χ0v) is 11.9. The molecule has 0 radical (unpaired) electrons. The molecule has 0 saturated carbocycles. The SMILES string of the molecule is CCOC(=O)/C=C/C(=O)c1ccc(C(C)(C)C)cc1. The van der Waals surface area contributed by atoms with E-state index in [1.807, 2.05) is 12.1 Å². The van der Waals surface area contributed by atoms with Crippen molar-refractivity contribution in [3.63, 3.8) is 0 Å². The molecular formula is C16H20O3. The molecule has 1 aromatic rings. The number of esters is 1. The molecule has 0 aliphatic heterocycles. The molecule has 0 aromatic heterocycles. The third-order valence-electron chi connectivity index (χ3n) is 2.69. The van der Waals surface area contributed by atoms with Crippen molar-refractivity contribution in [3.8, 4) is 0 Å². The average Bonchev–Trinajstić information content (AvgIpc) is 2.35. The van der Waals surface area contributed by atoms with Crippen LogP contribution in [0, 0.1) is 0 Å². The van der Waals surface area contributed by atoms with Crippen LogP contribution in [0.2, 0.25) is 0 Å². The van der Waals surface area contributed by atoms with E-state index in [1.54, 1.807) is 19.1 Å². The summed E-state index contributed by atoms with van der Waals surface area (Å²) in [4.78, 5) is 22.9. The molecule has 0 saturated heterocycles. The van der Waals surface area contributed by atoms with E-state index in [-0.39, 0.29) is 11.2 Å². The second-order valence-corrected chi connectivity index (χ2v) is 5.28. The maximum atomic E-state index is 11.8. The largest absolute Gasteiger partial charge is 0.463 e. The standard InChI is InChI=1S/C16H20O3/c1-5-19-15(18)11-10-14(17)12-6-8-13(9-7-12)16(2,3)4/h6-11H,5H2,1-4H3/b11-10+. The fourth-order valence-corrected chi connectivity index (χ4v) is 1.56. The highest BCUT2D eigenvalue weighted by atomic mass is 16.5. The highest BCUT2D eigenvalue weighted by Gasteiger charge is 2.13. The van der Waals surface area contributed by atoms with E-state index in [1.165, 1.54) is 11.6 Å². The van der Waals surface area contributed by atoms with Gasteiger partial charge in [0.2, 0.25) is 0 Å². The van der Waals surface area contributed by atoms with Gasteiger partial charge in [0.1, 0.15) is 0 Å². The molecule has 0 amide bonds. The van der Waals surface area contributed by atoms with E-state index < -0.39 is 5.97 Å². The summed E-state index contributed by atoms with van der Waals surface area (Å²) in [6, 6.07) is 7.42. The molecule has 0 spiro atoms. The first-order valence-electron chi connectivity index (χ1n) is 6.34. The van der Waals surface area contributed by atoms with Crippen LogP contribution >= 0.6 is 0 Å². The third-order valence-corrected chi connectivity index (χ3v) is 2.69. The maximum Gasteiger partial charge on any atom is 0.330 e. The van der Waals surface area contributed by atoms with Gasteiger partial charge in [-0.25, -0.2) is 4.79 Å². The zero-order chi connectivity index (χ0) is 14.5. The van der Waals surface area contributed by atoms with Crippen LogP contribution < -0.4 is 0 Å². The molecule has 0 N–H and O–H groups in total. The Balaban J connectivity index is 2.76. The van der Waals surface area contributed by atoms with Crippen LogP contribution in [0.4, 0.5) is 0 Å². The van der Waals surface area contributed by atoms with Gasteiger partial charge in [0.15, 0.2) is 5.78 Å². The van der Waals surface area contributed by atoms with Crippen molar-refractivity contribution in [2.75, 3.05) is 6.61 Å². The molecule has 3 heteroatoms. The summed E-state index contributed by atoms with van der Waals surface area (Å²) < 4.78 is 4.71. The van der Waals surface area contributed by atoms with Crippen molar-refractivity contribution in [2.24, 2.45) is 0 Å². The molecular weight excluding hydrogens is 240 g/mol. The number of allylic oxidation sites excluding steroid dienone is 1. The van der Waals surface area contributed by atoms with E-state index in [0.717, 1.165) is 6.08 Å². The smallest absolute Gasteiger partial charge is 0.330 e. The lowest BCUT2D eigenvalue weighted by molar-refractivity contribution is -0.137. The van der Waals surface area contributed by atoms with E-state index in [9.17, 15) is 9.59 Å². The maximum absolute atomic E-state index is 11.8. The highest BCUT2D eigenvalue weighted by Crippen LogP contribution is 2.22. The van der Waals surface area contributed by atoms with Gasteiger partial charge in [-0.05, 0) is 24.0 Å². The van der Waals surface area contributed by atoms with Gasteiger partial charge >= 0.3 is 5.97 Å². The number of hydrogen-bond donors (Lipinski definition) is 0. The number of ether oxygens (including phenoxy) is 1. The summed E-state index contributed by atoms with van der Waals surface area (Å²) in [5, 5.41) is 0. The number of benzene rings is 1. The lowest BCUT2D eigenvalue weighted by atomic mass is 9.86. The molecule has 0 atom stereocenters. The monoisotopic (exact) mass is 260 g/mol. The first-order chi connectivity index (χ1) is 8.84. The third kappa shape index (κ3) is 4.70. The fourth-order valence-electron chi connectivity index (χ4n) is 1.56. The van der Waals surface area contributed by atoms with Gasteiger partial charge in [-0.2, -0.15) is 0 Å². The summed E-state index contributed by atoms with van der Waals surface area (Å²) in [6.07, 6.45) is 2.40. The Labute approximate surface area is 114 Å². The molecule has 0 bridgehead atoms. The average molecular weight is 260 g/mol. The Bertz CT molecular complexity index is 476. The van der Waals surface area contributed by atoms with Gasteiger partial charge in [-0.15, -0.1) is 0 Å². The van der Waals surface area contributed by atoms with Crippen molar-refractivity contribution < 1.29 is 14.3 Å². The Morgan fingerprint density at radius 1 is 1.11 bits per heavy atom. The van der Waals surface area contributed by atoms with Gasteiger partial charge in [-0.3, -0.25) is 4.79 Å². The van der Waals surface area contributed by atoms with Gasteiger partial charge in [0.05, 0.1) is 6.61 Å². The molecule has 1 rings (SSSR count). The van der Waals surface area contributed by atoms with Crippen LogP contribution in [0.15, 0.2) is 36.4 Å². The lowest BCUT2D eigenvalue weighted by Crippen LogP contribution is -2.11. The van der Waals surface area contributed by atoms with Crippen LogP contribution in [0.3, 0.4) is 0 Å². The number of carbonyl (C=O) groups is 2. The minimum atomic E-state index is -0.498. The van der Waals surface area contributed by atoms with Crippen molar-refractivity contribution >= 4 is 11.8 Å². The van der Waals surface area contributed by atoms with Crippen LogP contribution in [0.25, 0.3) is 0 Å². The Morgan fingerprint density at radius 2 is 1.68 bits per heavy atom. The zero-order valence-electron chi connectivity index (χ0n) is 11.9. The fraction of sp³-hybridized carbons (Fsp3) is 0.375. The summed E-state index contributed by atoms with van der Waals surface area (Å²) in [7, 11) is 0. The minimum absolute atomic E-state index is 0.0579. The van der Waals surface area contributed by atoms with Gasteiger partial charge in [-0.1, -0.05) is 45.0 Å². The minimum Gasteiger partial charge on any atom is -0.463 e. The van der Waals surface area contributed by atoms with Gasteiger partial charge in [0.25, 0.3) is 0 Å². The normalized spacial score (nSPS) is 11.6. The molecule has 0 fully saturated rings. The Hall–Kier alpha value is -1.90. The number of ketones is 1. The van der Waals surface area contributed by atoms with E-state index >= 15 is 0 Å². The van der Waals surface area contributed by atoms with Crippen molar-refractivity contribution in [1.82, 2.24) is 0 Å². The quantitative estimate of drug-likeness (QED) is 0.474. The van der Waals surface area contributed by atoms with Gasteiger partial charge in [0, 0.05) is 11.6 Å². The molecule has 102 valence electrons. The summed E-state index contributed by atoms with van der Waals surface area (Å²) in [5.41, 5.74) is 1.79. The second kappa shape index (κ2) is 6.32. The highest BCUT2D eigenvalue weighted by molar-refractivity contribution is 6.07. The van der Waals surface area contributed by atoms with Crippen molar-refractivity contribution in [3.05, 3.63) is 47.5 Å². The van der Waals surface area contributed by atoms with Crippen LogP contribution in [0.1, 0.15) is 43.6 Å². The molecule has 0 heterocycles. The Kier molecular flexibility index (Phi) is 5.04. The number of hydrogen-bond acceptors (Lipinski definition) is 3. The predicted molar refractivity (Wildman–Crippen MR) is 75.2 cm³/mol. The van der Waals surface area contributed by atoms with E-state index in [2.05, 4.69) is 20.8 Å². The molecule has 1 aromatic carbocycles. The summed E-state index contributed by atoms with van der Waals surface area (Å²) >= 11 is 0. The molecule has 0 aliphatic carbocycles. The van der Waals surface area contributed by atoms with E-state index in [0.29, 0.717) is 12.2 Å². The molecule has 0 unspecified atom stereocenters. The molecule has 0 aliphatic rings. The first kappa shape index (κ1) is 15.2. The number of rotatable bonds is 4. The summed E-state index contributed by atoms with van der Waals surface area (Å²) in [5.74, 6) is -0.698. The van der Waals surface area contributed by atoms with Crippen molar-refractivity contribution in [1.29, 1.82) is 0 Å². The second-order valence-electron chi connectivity index (χ2n) is 5.28. The van der Waals surface area contributed by atoms with Gasteiger partial charge < -0.3 is 4.74 Å². The van der Waals surface area contributed by atoms with Crippen LogP contribution in [-0.4, -0.2) is 18.4 Å². The molecule has 19 heavy (non-hydrogen) atoms. The van der Waals surface area contributed by atoms with Crippen LogP contribution in [0.5, 0.6) is 0 Å². The Morgan fingerprint density at radius 3 is 2.16 bits per heavy atom. The molecule has 3 nitrogen and oxygen atoms in total. The number of carbonyl (C=O) groups excluding carboxylic acids is 2. The summed E-state index contributed by atoms with van der Waals surface area (Å²) in [6.45, 7) is 8.37. The lowest BCUT2D eigenvalue weighted by Gasteiger charge is -2.18. The predicted octanol–water partition coefficient (Wildman–Crippen LogP) is 3.29. The first-order valence-corrected chi connectivity index (χ1v) is 6.34. The topological polar surface area (TPSA) is 43.4 Å². The van der Waals surface area contributed by atoms with Crippen molar-refractivity contribution in [2.45, 2.75) is 33.1 Å².